The van der Waals surface area contributed by atoms with E-state index in [0.717, 1.165) is 7.11 Å². The maximum atomic E-state index is 12.1. The number of esters is 1. The van der Waals surface area contributed by atoms with Crippen molar-refractivity contribution in [2.75, 3.05) is 34.7 Å². The van der Waals surface area contributed by atoms with E-state index < -0.39 is 44.0 Å². The second-order valence-electron chi connectivity index (χ2n) is 11.0. The SMILES string of the molecule is COC(=O)C(=O)N[C@H]1OCO[C@H]2[C@@H]1O[C@H](C[C@@H](CO[Si](C)(C)C(C)(C)C)OC)C(C)(C)[C@@H]2OC. The van der Waals surface area contributed by atoms with Crippen molar-refractivity contribution in [2.24, 2.45) is 5.41 Å². The predicted molar refractivity (Wildman–Crippen MR) is 127 cm³/mol. The Kier molecular flexibility index (Phi) is 9.70. The van der Waals surface area contributed by atoms with Crippen LogP contribution in [0.2, 0.25) is 18.1 Å². The molecule has 0 bridgehead atoms. The monoisotopic (exact) mass is 505 g/mol. The van der Waals surface area contributed by atoms with Gasteiger partial charge in [0, 0.05) is 26.1 Å². The number of fused-ring (bicyclic) bond motifs is 1. The van der Waals surface area contributed by atoms with Gasteiger partial charge in [0.15, 0.2) is 14.5 Å². The molecule has 2 saturated heterocycles. The third-order valence-electron chi connectivity index (χ3n) is 7.46. The molecule has 0 aromatic carbocycles. The number of nitrogens with one attached hydrogen (secondary N) is 1. The number of ether oxygens (including phenoxy) is 6. The summed E-state index contributed by atoms with van der Waals surface area (Å²) in [6.45, 7) is 15.5. The lowest BCUT2D eigenvalue weighted by Gasteiger charge is -2.54. The third kappa shape index (κ3) is 6.37. The van der Waals surface area contributed by atoms with E-state index in [-0.39, 0.29) is 30.1 Å². The number of hydrogen-bond donors (Lipinski definition) is 1. The topological polar surface area (TPSA) is 111 Å². The van der Waals surface area contributed by atoms with E-state index >= 15 is 0 Å². The van der Waals surface area contributed by atoms with Crippen molar-refractivity contribution in [2.45, 2.75) is 95.9 Å². The molecule has 1 amide bonds. The molecule has 0 aliphatic carbocycles. The summed E-state index contributed by atoms with van der Waals surface area (Å²) in [5, 5.41) is 2.63. The zero-order valence-corrected chi connectivity index (χ0v) is 23.3. The molecule has 6 atom stereocenters. The fourth-order valence-corrected chi connectivity index (χ4v) is 5.16. The van der Waals surface area contributed by atoms with Crippen LogP contribution in [0.15, 0.2) is 0 Å². The lowest BCUT2D eigenvalue weighted by Crippen LogP contribution is -2.68. The van der Waals surface area contributed by atoms with Crippen molar-refractivity contribution in [3.8, 4) is 0 Å². The van der Waals surface area contributed by atoms with Gasteiger partial charge in [-0.1, -0.05) is 34.6 Å². The Balaban J connectivity index is 2.20. The third-order valence-corrected chi connectivity index (χ3v) is 12.0. The fourth-order valence-electron chi connectivity index (χ4n) is 4.12. The van der Waals surface area contributed by atoms with Crippen LogP contribution in [0, 0.1) is 5.41 Å². The van der Waals surface area contributed by atoms with Gasteiger partial charge in [-0.2, -0.15) is 0 Å². The number of carbonyl (C=O) groups is 2. The largest absolute Gasteiger partial charge is 0.462 e. The van der Waals surface area contributed by atoms with Crippen molar-refractivity contribution < 1.29 is 42.4 Å². The molecule has 2 rings (SSSR count). The van der Waals surface area contributed by atoms with Gasteiger partial charge in [0.2, 0.25) is 0 Å². The highest BCUT2D eigenvalue weighted by molar-refractivity contribution is 6.74. The standard InChI is InChI=1S/C23H43NO9Si/c1-22(2,3)34(9,10)32-12-14(27-6)11-15-23(4,5)18(28-7)16-17(33-15)20(31-13-30-16)24-19(25)21(26)29-8/h14-18,20H,11-13H2,1-10H3,(H,24,25)/t14-,15+,16-,17-,18+,20-/m0/s1. The Morgan fingerprint density at radius 1 is 1.12 bits per heavy atom. The highest BCUT2D eigenvalue weighted by atomic mass is 28.4. The molecule has 2 heterocycles. The van der Waals surface area contributed by atoms with Gasteiger partial charge in [-0.3, -0.25) is 4.79 Å². The van der Waals surface area contributed by atoms with E-state index in [1.54, 1.807) is 14.2 Å². The number of hydrogen-bond acceptors (Lipinski definition) is 9. The highest BCUT2D eigenvalue weighted by Gasteiger charge is 2.56. The molecule has 198 valence electrons. The molecule has 0 unspecified atom stereocenters. The lowest BCUT2D eigenvalue weighted by atomic mass is 9.72. The Hall–Kier alpha value is -1.08. The van der Waals surface area contributed by atoms with Crippen LogP contribution in [0.1, 0.15) is 41.0 Å². The summed E-state index contributed by atoms with van der Waals surface area (Å²) < 4.78 is 40.5. The van der Waals surface area contributed by atoms with Crippen LogP contribution >= 0.6 is 0 Å². The maximum absolute atomic E-state index is 12.1. The molecule has 2 aliphatic rings. The van der Waals surface area contributed by atoms with E-state index in [0.29, 0.717) is 13.0 Å². The first kappa shape index (κ1) is 29.1. The Morgan fingerprint density at radius 3 is 2.29 bits per heavy atom. The summed E-state index contributed by atoms with van der Waals surface area (Å²) in [5.41, 5.74) is -0.447. The molecule has 34 heavy (non-hydrogen) atoms. The van der Waals surface area contributed by atoms with Gasteiger partial charge in [0.05, 0.1) is 32.0 Å². The molecular weight excluding hydrogens is 462 g/mol. The van der Waals surface area contributed by atoms with E-state index in [1.807, 2.05) is 0 Å². The summed E-state index contributed by atoms with van der Waals surface area (Å²) in [6, 6.07) is 0. The molecule has 0 spiro atoms. The molecule has 10 nitrogen and oxygen atoms in total. The number of methoxy groups -OCH3 is 3. The number of carbonyl (C=O) groups excluding carboxylic acids is 2. The number of amides is 1. The van der Waals surface area contributed by atoms with Gasteiger partial charge in [-0.05, 0) is 18.1 Å². The molecule has 1 N–H and O–H groups in total. The Morgan fingerprint density at radius 2 is 1.76 bits per heavy atom. The van der Waals surface area contributed by atoms with Crippen molar-refractivity contribution in [1.82, 2.24) is 5.32 Å². The summed E-state index contributed by atoms with van der Waals surface area (Å²) in [4.78, 5) is 23.8. The van der Waals surface area contributed by atoms with Crippen LogP contribution in [0.4, 0.5) is 0 Å². The summed E-state index contributed by atoms with van der Waals surface area (Å²) >= 11 is 0. The minimum Gasteiger partial charge on any atom is -0.462 e. The summed E-state index contributed by atoms with van der Waals surface area (Å²) in [5.74, 6) is -1.92. The van der Waals surface area contributed by atoms with Gasteiger partial charge < -0.3 is 38.2 Å². The zero-order valence-electron chi connectivity index (χ0n) is 22.3. The molecule has 0 saturated carbocycles. The molecule has 2 aliphatic heterocycles. The lowest BCUT2D eigenvalue weighted by molar-refractivity contribution is -0.331. The Labute approximate surface area is 204 Å². The normalized spacial score (nSPS) is 30.2. The number of rotatable bonds is 8. The van der Waals surface area contributed by atoms with Crippen LogP contribution < -0.4 is 5.32 Å². The van der Waals surface area contributed by atoms with Crippen molar-refractivity contribution in [3.63, 3.8) is 0 Å². The van der Waals surface area contributed by atoms with Crippen molar-refractivity contribution in [1.29, 1.82) is 0 Å². The van der Waals surface area contributed by atoms with Gasteiger partial charge in [-0.15, -0.1) is 0 Å². The van der Waals surface area contributed by atoms with Crippen molar-refractivity contribution in [3.05, 3.63) is 0 Å². The average molecular weight is 506 g/mol. The summed E-state index contributed by atoms with van der Waals surface area (Å²) in [6.07, 6.45) is -2.43. The van der Waals surface area contributed by atoms with Crippen LogP contribution in [-0.4, -0.2) is 91.7 Å². The smallest absolute Gasteiger partial charge is 0.396 e. The molecule has 0 aromatic rings. The van der Waals surface area contributed by atoms with Crippen LogP contribution in [-0.2, 0) is 42.4 Å². The van der Waals surface area contributed by atoms with Crippen LogP contribution in [0.5, 0.6) is 0 Å². The fraction of sp³-hybridized carbons (Fsp3) is 0.913. The second kappa shape index (κ2) is 11.3. The molecule has 0 aromatic heterocycles. The zero-order chi connectivity index (χ0) is 25.9. The van der Waals surface area contributed by atoms with Gasteiger partial charge in [0.25, 0.3) is 0 Å². The quantitative estimate of drug-likeness (QED) is 0.301. The Bertz CT molecular complexity index is 709. The average Bonchev–Trinajstić information content (AvgIpc) is 2.75. The first-order valence-corrected chi connectivity index (χ1v) is 14.6. The molecular formula is C23H43NO9Si. The van der Waals surface area contributed by atoms with Gasteiger partial charge in [0.1, 0.15) is 19.0 Å². The second-order valence-corrected chi connectivity index (χ2v) is 15.8. The van der Waals surface area contributed by atoms with E-state index in [2.05, 4.69) is 57.8 Å². The predicted octanol–water partition coefficient (Wildman–Crippen LogP) is 2.21. The van der Waals surface area contributed by atoms with E-state index in [9.17, 15) is 9.59 Å². The first-order valence-electron chi connectivity index (χ1n) is 11.7. The van der Waals surface area contributed by atoms with Gasteiger partial charge >= 0.3 is 11.9 Å². The maximum Gasteiger partial charge on any atom is 0.396 e. The summed E-state index contributed by atoms with van der Waals surface area (Å²) in [7, 11) is 2.48. The van der Waals surface area contributed by atoms with E-state index in [4.69, 9.17) is 28.1 Å². The minimum absolute atomic E-state index is 0.0711. The van der Waals surface area contributed by atoms with Gasteiger partial charge in [-0.25, -0.2) is 4.79 Å². The highest BCUT2D eigenvalue weighted by Crippen LogP contribution is 2.44. The van der Waals surface area contributed by atoms with Crippen LogP contribution in [0.25, 0.3) is 0 Å². The van der Waals surface area contributed by atoms with Crippen molar-refractivity contribution >= 4 is 20.2 Å². The minimum atomic E-state index is -1.95. The molecule has 2 fully saturated rings. The van der Waals surface area contributed by atoms with Crippen LogP contribution in [0.3, 0.4) is 0 Å². The first-order chi connectivity index (χ1) is 15.7. The molecule has 0 radical (unpaired) electrons. The van der Waals surface area contributed by atoms with E-state index in [1.165, 1.54) is 0 Å². The molecule has 11 heteroatoms.